The van der Waals surface area contributed by atoms with Crippen molar-refractivity contribution in [3.63, 3.8) is 0 Å². The van der Waals surface area contributed by atoms with Gasteiger partial charge >= 0.3 is 0 Å². The van der Waals surface area contributed by atoms with E-state index in [1.165, 1.54) is 4.31 Å². The Labute approximate surface area is 108 Å². The fourth-order valence-electron chi connectivity index (χ4n) is 1.75. The van der Waals surface area contributed by atoms with Crippen molar-refractivity contribution in [2.45, 2.75) is 38.8 Å². The van der Waals surface area contributed by atoms with E-state index in [0.29, 0.717) is 31.9 Å². The van der Waals surface area contributed by atoms with E-state index >= 15 is 0 Å². The van der Waals surface area contributed by atoms with E-state index in [0.717, 1.165) is 0 Å². The number of aryl methyl sites for hydroxylation is 2. The zero-order chi connectivity index (χ0) is 13.8. The van der Waals surface area contributed by atoms with Crippen LogP contribution in [0, 0.1) is 6.92 Å². The van der Waals surface area contributed by atoms with E-state index in [1.54, 1.807) is 24.6 Å². The van der Waals surface area contributed by atoms with Gasteiger partial charge < -0.3 is 9.67 Å². The standard InChI is InChI=1S/C11H21N3O3S/c1-4-13-9-11(12-10(13)3)18(16,17)14(5-2)7-6-8-15/h9,15H,4-8H2,1-3H3. The largest absolute Gasteiger partial charge is 0.396 e. The van der Waals surface area contributed by atoms with E-state index < -0.39 is 10.0 Å². The van der Waals surface area contributed by atoms with Crippen molar-refractivity contribution in [3.05, 3.63) is 12.0 Å². The Hall–Kier alpha value is -0.920. The van der Waals surface area contributed by atoms with Crippen molar-refractivity contribution in [2.75, 3.05) is 19.7 Å². The first-order valence-electron chi connectivity index (χ1n) is 6.12. The second kappa shape index (κ2) is 6.31. The smallest absolute Gasteiger partial charge is 0.262 e. The molecule has 0 fully saturated rings. The minimum atomic E-state index is -3.54. The molecule has 0 bridgehead atoms. The van der Waals surface area contributed by atoms with Crippen LogP contribution in [-0.2, 0) is 16.6 Å². The molecule has 18 heavy (non-hydrogen) atoms. The van der Waals surface area contributed by atoms with E-state index in [-0.39, 0.29) is 11.6 Å². The molecule has 0 unspecified atom stereocenters. The van der Waals surface area contributed by atoms with Gasteiger partial charge in [-0.15, -0.1) is 0 Å². The molecular formula is C11H21N3O3S. The molecule has 0 amide bonds. The van der Waals surface area contributed by atoms with Crippen LogP contribution in [0.4, 0.5) is 0 Å². The average Bonchev–Trinajstić information content (AvgIpc) is 2.72. The Balaban J connectivity index is 3.02. The van der Waals surface area contributed by atoms with Crippen LogP contribution in [-0.4, -0.2) is 47.1 Å². The lowest BCUT2D eigenvalue weighted by Crippen LogP contribution is -2.32. The summed E-state index contributed by atoms with van der Waals surface area (Å²) in [6.45, 7) is 6.86. The monoisotopic (exact) mass is 275 g/mol. The maximum atomic E-state index is 12.3. The van der Waals surface area contributed by atoms with Crippen LogP contribution in [0.2, 0.25) is 0 Å². The number of rotatable bonds is 7. The summed E-state index contributed by atoms with van der Waals surface area (Å²) in [4.78, 5) is 4.10. The Morgan fingerprint density at radius 1 is 1.44 bits per heavy atom. The van der Waals surface area contributed by atoms with Gasteiger partial charge in [0.2, 0.25) is 0 Å². The quantitative estimate of drug-likeness (QED) is 0.791. The summed E-state index contributed by atoms with van der Waals surface area (Å²) in [6.07, 6.45) is 1.99. The Morgan fingerprint density at radius 3 is 2.56 bits per heavy atom. The topological polar surface area (TPSA) is 75.4 Å². The number of hydrogen-bond acceptors (Lipinski definition) is 4. The van der Waals surface area contributed by atoms with E-state index in [9.17, 15) is 8.42 Å². The zero-order valence-corrected chi connectivity index (χ0v) is 11.9. The SMILES string of the molecule is CCN(CCCO)S(=O)(=O)c1cn(CC)c(C)n1. The minimum Gasteiger partial charge on any atom is -0.396 e. The molecule has 0 saturated carbocycles. The van der Waals surface area contributed by atoms with Crippen LogP contribution in [0.15, 0.2) is 11.2 Å². The van der Waals surface area contributed by atoms with E-state index in [2.05, 4.69) is 4.98 Å². The molecule has 0 aliphatic rings. The molecule has 0 saturated heterocycles. The number of imidazole rings is 1. The molecule has 0 aromatic carbocycles. The summed E-state index contributed by atoms with van der Waals surface area (Å²) in [5.41, 5.74) is 0. The van der Waals surface area contributed by atoms with Gasteiger partial charge in [-0.05, 0) is 20.3 Å². The van der Waals surface area contributed by atoms with Gasteiger partial charge in [0.05, 0.1) is 0 Å². The van der Waals surface area contributed by atoms with Crippen molar-refractivity contribution in [2.24, 2.45) is 0 Å². The second-order valence-electron chi connectivity index (χ2n) is 3.99. The van der Waals surface area contributed by atoms with Gasteiger partial charge in [-0.25, -0.2) is 13.4 Å². The van der Waals surface area contributed by atoms with Crippen LogP contribution >= 0.6 is 0 Å². The zero-order valence-electron chi connectivity index (χ0n) is 11.1. The Morgan fingerprint density at radius 2 is 2.11 bits per heavy atom. The van der Waals surface area contributed by atoms with Crippen LogP contribution in [0.5, 0.6) is 0 Å². The fourth-order valence-corrected chi connectivity index (χ4v) is 3.23. The molecule has 1 heterocycles. The summed E-state index contributed by atoms with van der Waals surface area (Å²) in [5.74, 6) is 0.689. The third kappa shape index (κ3) is 3.09. The number of nitrogens with zero attached hydrogens (tertiary/aromatic N) is 3. The third-order valence-corrected chi connectivity index (χ3v) is 4.66. The number of aliphatic hydroxyl groups excluding tert-OH is 1. The Bertz CT molecular complexity index is 482. The van der Waals surface area contributed by atoms with Crippen molar-refractivity contribution >= 4 is 10.0 Å². The van der Waals surface area contributed by atoms with Crippen LogP contribution in [0.1, 0.15) is 26.1 Å². The lowest BCUT2D eigenvalue weighted by Gasteiger charge is -2.18. The van der Waals surface area contributed by atoms with Gasteiger partial charge in [0.25, 0.3) is 10.0 Å². The molecule has 0 spiro atoms. The molecule has 7 heteroatoms. The first-order chi connectivity index (χ1) is 8.47. The summed E-state index contributed by atoms with van der Waals surface area (Å²) >= 11 is 0. The maximum absolute atomic E-state index is 12.3. The van der Waals surface area contributed by atoms with Gasteiger partial charge in [0.15, 0.2) is 5.03 Å². The van der Waals surface area contributed by atoms with Crippen molar-refractivity contribution < 1.29 is 13.5 Å². The highest BCUT2D eigenvalue weighted by Crippen LogP contribution is 2.15. The molecule has 6 nitrogen and oxygen atoms in total. The summed E-state index contributed by atoms with van der Waals surface area (Å²) in [5, 5.41) is 8.88. The fraction of sp³-hybridized carbons (Fsp3) is 0.727. The van der Waals surface area contributed by atoms with Crippen LogP contribution in [0.3, 0.4) is 0 Å². The second-order valence-corrected chi connectivity index (χ2v) is 5.87. The van der Waals surface area contributed by atoms with Gasteiger partial charge in [-0.1, -0.05) is 6.92 Å². The predicted molar refractivity (Wildman–Crippen MR) is 68.8 cm³/mol. The molecule has 1 aromatic rings. The molecular weight excluding hydrogens is 254 g/mol. The highest BCUT2D eigenvalue weighted by molar-refractivity contribution is 7.89. The van der Waals surface area contributed by atoms with Crippen molar-refractivity contribution in [1.29, 1.82) is 0 Å². The van der Waals surface area contributed by atoms with Crippen LogP contribution < -0.4 is 0 Å². The predicted octanol–water partition coefficient (Wildman–Crippen LogP) is 0.604. The van der Waals surface area contributed by atoms with Gasteiger partial charge in [0.1, 0.15) is 5.82 Å². The number of hydrogen-bond donors (Lipinski definition) is 1. The number of sulfonamides is 1. The molecule has 1 N–H and O–H groups in total. The van der Waals surface area contributed by atoms with Crippen molar-refractivity contribution in [3.8, 4) is 0 Å². The minimum absolute atomic E-state index is 0.0194. The lowest BCUT2D eigenvalue weighted by atomic mass is 10.4. The number of aromatic nitrogens is 2. The maximum Gasteiger partial charge on any atom is 0.262 e. The summed E-state index contributed by atoms with van der Waals surface area (Å²) in [6, 6.07) is 0. The van der Waals surface area contributed by atoms with Gasteiger partial charge in [0, 0.05) is 32.4 Å². The van der Waals surface area contributed by atoms with Gasteiger partial charge in [-0.3, -0.25) is 0 Å². The number of aliphatic hydroxyl groups is 1. The highest BCUT2D eigenvalue weighted by atomic mass is 32.2. The molecule has 0 aliphatic heterocycles. The van der Waals surface area contributed by atoms with E-state index in [4.69, 9.17) is 5.11 Å². The van der Waals surface area contributed by atoms with E-state index in [1.807, 2.05) is 6.92 Å². The first kappa shape index (κ1) is 15.1. The summed E-state index contributed by atoms with van der Waals surface area (Å²) in [7, 11) is -3.54. The third-order valence-electron chi connectivity index (χ3n) is 2.82. The highest BCUT2D eigenvalue weighted by Gasteiger charge is 2.25. The Kier molecular flexibility index (Phi) is 5.30. The molecule has 104 valence electrons. The van der Waals surface area contributed by atoms with Crippen LogP contribution in [0.25, 0.3) is 0 Å². The molecule has 1 aromatic heterocycles. The normalized spacial score (nSPS) is 12.3. The molecule has 0 radical (unpaired) electrons. The van der Waals surface area contributed by atoms with Crippen molar-refractivity contribution in [1.82, 2.24) is 13.9 Å². The van der Waals surface area contributed by atoms with Gasteiger partial charge in [-0.2, -0.15) is 4.31 Å². The lowest BCUT2D eigenvalue weighted by molar-refractivity contribution is 0.271. The average molecular weight is 275 g/mol. The first-order valence-corrected chi connectivity index (χ1v) is 7.56. The molecule has 0 aliphatic carbocycles. The molecule has 0 atom stereocenters. The summed E-state index contributed by atoms with van der Waals surface area (Å²) < 4.78 is 27.8. The molecule has 1 rings (SSSR count).